The molecule has 0 radical (unpaired) electrons. The van der Waals surface area contributed by atoms with Crippen LogP contribution in [0.15, 0.2) is 0 Å². The molecule has 3 N–H and O–H groups in total. The predicted octanol–water partition coefficient (Wildman–Crippen LogP) is 2.55. The Morgan fingerprint density at radius 2 is 2.00 bits per heavy atom. The number of hydrazine groups is 1. The van der Waals surface area contributed by atoms with E-state index >= 15 is 0 Å². The van der Waals surface area contributed by atoms with Crippen LogP contribution < -0.4 is 10.9 Å². The van der Waals surface area contributed by atoms with Crippen molar-refractivity contribution in [3.05, 3.63) is 0 Å². The van der Waals surface area contributed by atoms with Gasteiger partial charge in [0.05, 0.1) is 18.8 Å². The van der Waals surface area contributed by atoms with E-state index in [9.17, 15) is 23.1 Å². The van der Waals surface area contributed by atoms with Crippen molar-refractivity contribution in [1.82, 2.24) is 20.7 Å². The van der Waals surface area contributed by atoms with Gasteiger partial charge in [0.2, 0.25) is 5.91 Å². The lowest BCUT2D eigenvalue weighted by atomic mass is 9.69. The molecule has 0 aromatic carbocycles. The second kappa shape index (κ2) is 9.15. The molecule has 4 rings (SSSR count). The second-order valence-electron chi connectivity index (χ2n) is 10.5. The summed E-state index contributed by atoms with van der Waals surface area (Å²) in [6, 6.07) is 0.0492. The molecule has 178 valence electrons. The molecule has 7 unspecified atom stereocenters. The number of amides is 1. The van der Waals surface area contributed by atoms with Crippen LogP contribution in [0.1, 0.15) is 51.9 Å². The molecule has 4 aliphatic rings. The summed E-state index contributed by atoms with van der Waals surface area (Å²) in [5, 5.41) is 9.52. The summed E-state index contributed by atoms with van der Waals surface area (Å²) in [4.78, 5) is 17.3. The fraction of sp³-hybridized carbons (Fsp3) is 0.955. The van der Waals surface area contributed by atoms with Gasteiger partial charge in [0.15, 0.2) is 0 Å². The van der Waals surface area contributed by atoms with Crippen molar-refractivity contribution in [1.29, 1.82) is 0 Å². The summed E-state index contributed by atoms with van der Waals surface area (Å²) < 4.78 is 41.3. The van der Waals surface area contributed by atoms with Crippen LogP contribution in [0, 0.1) is 35.5 Å². The van der Waals surface area contributed by atoms with Crippen LogP contribution >= 0.6 is 0 Å². The molecule has 2 aliphatic carbocycles. The topological polar surface area (TPSA) is 67.8 Å². The minimum absolute atomic E-state index is 0.0492. The first-order valence-electron chi connectivity index (χ1n) is 11.9. The summed E-state index contributed by atoms with van der Waals surface area (Å²) >= 11 is 0. The summed E-state index contributed by atoms with van der Waals surface area (Å²) in [6.07, 6.45) is 1.23. The van der Waals surface area contributed by atoms with Crippen molar-refractivity contribution in [3.8, 4) is 0 Å². The quantitative estimate of drug-likeness (QED) is 0.606. The van der Waals surface area contributed by atoms with Crippen LogP contribution in [-0.4, -0.2) is 66.1 Å². The Hall–Kier alpha value is -0.900. The summed E-state index contributed by atoms with van der Waals surface area (Å²) in [7, 11) is 2.08. The number of hydrogen-bond donors (Lipinski definition) is 3. The standard InChI is InChI=1S/C22H37F3N4O2/c1-13(6-20-27-26-12-28(20)2)15-4-3-5-16(9-15)29-10-18-17(21(29)31)7-14(11-30)8-19(18)22(23,24)25/h13-20,26-27,30H,3-12H2,1-2H3/t13-,14?,15?,16?,17?,18?,19?,20?/m1/s1. The number of aliphatic hydroxyl groups excluding tert-OH is 1. The van der Waals surface area contributed by atoms with Crippen molar-refractivity contribution < 1.29 is 23.1 Å². The van der Waals surface area contributed by atoms with Gasteiger partial charge >= 0.3 is 6.18 Å². The van der Waals surface area contributed by atoms with Crippen molar-refractivity contribution in [3.63, 3.8) is 0 Å². The Morgan fingerprint density at radius 1 is 1.23 bits per heavy atom. The van der Waals surface area contributed by atoms with Crippen molar-refractivity contribution in [2.45, 2.75) is 70.3 Å². The normalized spacial score (nSPS) is 40.9. The zero-order chi connectivity index (χ0) is 22.3. The molecule has 8 atom stereocenters. The molecule has 0 spiro atoms. The SMILES string of the molecule is C[C@H](CC1NNCN1C)C1CCCC(N2CC3C(CC(CO)CC3C(F)(F)F)C2=O)C1. The molecule has 0 bridgehead atoms. The number of halogens is 3. The smallest absolute Gasteiger partial charge is 0.392 e. The fourth-order valence-electron chi connectivity index (χ4n) is 6.66. The van der Waals surface area contributed by atoms with Gasteiger partial charge in [-0.15, -0.1) is 0 Å². The van der Waals surface area contributed by atoms with Gasteiger partial charge in [-0.25, -0.2) is 10.9 Å². The third-order valence-corrected chi connectivity index (χ3v) is 8.55. The van der Waals surface area contributed by atoms with Crippen LogP contribution in [-0.2, 0) is 4.79 Å². The van der Waals surface area contributed by atoms with Crippen molar-refractivity contribution in [2.24, 2.45) is 35.5 Å². The minimum Gasteiger partial charge on any atom is -0.396 e. The number of nitrogens with one attached hydrogen (secondary N) is 2. The molecule has 2 heterocycles. The molecule has 31 heavy (non-hydrogen) atoms. The molecule has 9 heteroatoms. The van der Waals surface area contributed by atoms with E-state index in [2.05, 4.69) is 29.7 Å². The van der Waals surface area contributed by atoms with E-state index in [4.69, 9.17) is 0 Å². The minimum atomic E-state index is -4.31. The first-order chi connectivity index (χ1) is 14.7. The van der Waals surface area contributed by atoms with Gasteiger partial charge in [-0.1, -0.05) is 19.8 Å². The van der Waals surface area contributed by atoms with Crippen LogP contribution in [0.3, 0.4) is 0 Å². The van der Waals surface area contributed by atoms with Gasteiger partial charge in [0.25, 0.3) is 0 Å². The van der Waals surface area contributed by atoms with E-state index in [1.807, 2.05) is 0 Å². The predicted molar refractivity (Wildman–Crippen MR) is 110 cm³/mol. The van der Waals surface area contributed by atoms with E-state index in [0.717, 1.165) is 38.8 Å². The first kappa shape index (κ1) is 23.3. The number of aliphatic hydroxyl groups is 1. The van der Waals surface area contributed by atoms with Gasteiger partial charge in [0, 0.05) is 25.1 Å². The molecule has 2 saturated carbocycles. The van der Waals surface area contributed by atoms with Gasteiger partial charge < -0.3 is 10.0 Å². The number of nitrogens with zero attached hydrogens (tertiary/aromatic N) is 2. The van der Waals surface area contributed by atoms with E-state index < -0.39 is 29.8 Å². The number of alkyl halides is 3. The summed E-state index contributed by atoms with van der Waals surface area (Å²) in [6.45, 7) is 3.03. The molecular weight excluding hydrogens is 409 g/mol. The third-order valence-electron chi connectivity index (χ3n) is 8.55. The maximum absolute atomic E-state index is 13.8. The molecule has 0 aromatic heterocycles. The Balaban J connectivity index is 1.42. The van der Waals surface area contributed by atoms with Crippen LogP contribution in [0.5, 0.6) is 0 Å². The first-order valence-corrected chi connectivity index (χ1v) is 11.9. The molecular formula is C22H37F3N4O2. The number of carbonyl (C=O) groups is 1. The second-order valence-corrected chi connectivity index (χ2v) is 10.5. The van der Waals surface area contributed by atoms with Gasteiger partial charge in [0.1, 0.15) is 0 Å². The number of fused-ring (bicyclic) bond motifs is 1. The molecule has 4 fully saturated rings. The third kappa shape index (κ3) is 4.75. The lowest BCUT2D eigenvalue weighted by Gasteiger charge is -2.39. The van der Waals surface area contributed by atoms with Crippen molar-refractivity contribution >= 4 is 5.91 Å². The number of rotatable bonds is 5. The molecule has 6 nitrogen and oxygen atoms in total. The van der Waals surface area contributed by atoms with Gasteiger partial charge in [-0.2, -0.15) is 13.2 Å². The van der Waals surface area contributed by atoms with E-state index in [-0.39, 0.29) is 37.7 Å². The fourth-order valence-corrected chi connectivity index (χ4v) is 6.66. The number of hydrogen-bond acceptors (Lipinski definition) is 5. The Morgan fingerprint density at radius 3 is 2.65 bits per heavy atom. The largest absolute Gasteiger partial charge is 0.396 e. The zero-order valence-electron chi connectivity index (χ0n) is 18.6. The van der Waals surface area contributed by atoms with Crippen LogP contribution in [0.25, 0.3) is 0 Å². The van der Waals surface area contributed by atoms with Gasteiger partial charge in [-0.3, -0.25) is 9.69 Å². The highest BCUT2D eigenvalue weighted by Gasteiger charge is 2.57. The maximum Gasteiger partial charge on any atom is 0.392 e. The van der Waals surface area contributed by atoms with E-state index in [1.165, 1.54) is 0 Å². The van der Waals surface area contributed by atoms with E-state index in [1.54, 1.807) is 4.90 Å². The van der Waals surface area contributed by atoms with Crippen LogP contribution in [0.4, 0.5) is 13.2 Å². The lowest BCUT2D eigenvalue weighted by molar-refractivity contribution is -0.204. The highest BCUT2D eigenvalue weighted by molar-refractivity contribution is 5.82. The molecule has 2 saturated heterocycles. The monoisotopic (exact) mass is 446 g/mol. The Labute approximate surface area is 182 Å². The lowest BCUT2D eigenvalue weighted by Crippen LogP contribution is -2.43. The van der Waals surface area contributed by atoms with Crippen LogP contribution in [0.2, 0.25) is 0 Å². The summed E-state index contributed by atoms with van der Waals surface area (Å²) in [5.41, 5.74) is 6.45. The van der Waals surface area contributed by atoms with E-state index in [0.29, 0.717) is 18.3 Å². The maximum atomic E-state index is 13.8. The number of carbonyl (C=O) groups excluding carboxylic acids is 1. The summed E-state index contributed by atoms with van der Waals surface area (Å²) in [5.74, 6) is -2.30. The average Bonchev–Trinajstić information content (AvgIpc) is 3.29. The Kier molecular flexibility index (Phi) is 6.87. The molecule has 2 aliphatic heterocycles. The number of likely N-dealkylation sites (tertiary alicyclic amines) is 1. The van der Waals surface area contributed by atoms with Crippen molar-refractivity contribution in [2.75, 3.05) is 26.9 Å². The highest BCUT2D eigenvalue weighted by Crippen LogP contribution is 2.51. The average molecular weight is 447 g/mol. The molecule has 0 aromatic rings. The Bertz CT molecular complexity index is 649. The zero-order valence-corrected chi connectivity index (χ0v) is 18.6. The van der Waals surface area contributed by atoms with Gasteiger partial charge in [-0.05, 0) is 62.8 Å². The highest BCUT2D eigenvalue weighted by atomic mass is 19.4. The molecule has 1 amide bonds.